The molecule has 2 N–H and O–H groups in total. The lowest BCUT2D eigenvalue weighted by Gasteiger charge is -2.07. The van der Waals surface area contributed by atoms with Gasteiger partial charge in [-0.1, -0.05) is 0 Å². The molecule has 0 atom stereocenters. The van der Waals surface area contributed by atoms with Crippen LogP contribution in [0.15, 0.2) is 24.3 Å². The molecule has 1 aromatic carbocycles. The van der Waals surface area contributed by atoms with Crippen molar-refractivity contribution in [2.24, 2.45) is 0 Å². The molecule has 0 aliphatic rings. The van der Waals surface area contributed by atoms with Crippen molar-refractivity contribution in [1.29, 1.82) is 0 Å². The highest BCUT2D eigenvalue weighted by molar-refractivity contribution is 5.93. The zero-order chi connectivity index (χ0) is 16.4. The number of amides is 2. The zero-order valence-electron chi connectivity index (χ0n) is 12.7. The van der Waals surface area contributed by atoms with Gasteiger partial charge in [-0.3, -0.25) is 14.4 Å². The summed E-state index contributed by atoms with van der Waals surface area (Å²) in [7, 11) is 1.51. The lowest BCUT2D eigenvalue weighted by atomic mass is 10.2. The summed E-state index contributed by atoms with van der Waals surface area (Å²) >= 11 is 0. The van der Waals surface area contributed by atoms with Gasteiger partial charge in [0, 0.05) is 31.8 Å². The van der Waals surface area contributed by atoms with E-state index >= 15 is 0 Å². The highest BCUT2D eigenvalue weighted by Gasteiger charge is 2.08. The molecule has 1 aromatic rings. The molecular formula is C15H20N2O5. The SMILES string of the molecule is COCCOC(=O)CCC(=O)Nc1ccc(NC(C)=O)cc1. The summed E-state index contributed by atoms with van der Waals surface area (Å²) in [4.78, 5) is 33.9. The molecule has 1 rings (SSSR count). The van der Waals surface area contributed by atoms with Crippen LogP contribution in [0.4, 0.5) is 11.4 Å². The molecule has 7 nitrogen and oxygen atoms in total. The number of hydrogen-bond donors (Lipinski definition) is 2. The first kappa shape index (κ1) is 17.6. The van der Waals surface area contributed by atoms with E-state index in [9.17, 15) is 14.4 Å². The number of hydrogen-bond acceptors (Lipinski definition) is 5. The summed E-state index contributed by atoms with van der Waals surface area (Å²) < 4.78 is 9.60. The predicted octanol–water partition coefficient (Wildman–Crippen LogP) is 1.55. The van der Waals surface area contributed by atoms with E-state index in [1.54, 1.807) is 24.3 Å². The van der Waals surface area contributed by atoms with E-state index in [0.717, 1.165) is 0 Å². The number of rotatable bonds is 8. The Morgan fingerprint density at radius 3 is 2.09 bits per heavy atom. The first-order valence-corrected chi connectivity index (χ1v) is 6.83. The maximum absolute atomic E-state index is 11.7. The van der Waals surface area contributed by atoms with Crippen molar-refractivity contribution in [2.45, 2.75) is 19.8 Å². The van der Waals surface area contributed by atoms with Crippen molar-refractivity contribution in [3.8, 4) is 0 Å². The third-order valence-electron chi connectivity index (χ3n) is 2.60. The molecule has 0 spiro atoms. The molecule has 0 saturated heterocycles. The van der Waals surface area contributed by atoms with Gasteiger partial charge in [-0.15, -0.1) is 0 Å². The molecule has 22 heavy (non-hydrogen) atoms. The van der Waals surface area contributed by atoms with Crippen molar-refractivity contribution in [3.63, 3.8) is 0 Å². The van der Waals surface area contributed by atoms with E-state index in [-0.39, 0.29) is 31.3 Å². The number of esters is 1. The number of carbonyl (C=O) groups excluding carboxylic acids is 3. The number of methoxy groups -OCH3 is 1. The van der Waals surface area contributed by atoms with Crippen LogP contribution in [0.25, 0.3) is 0 Å². The lowest BCUT2D eigenvalue weighted by Crippen LogP contribution is -2.15. The summed E-state index contributed by atoms with van der Waals surface area (Å²) in [6.07, 6.45) is 0.0544. The van der Waals surface area contributed by atoms with E-state index < -0.39 is 5.97 Å². The Labute approximate surface area is 129 Å². The first-order chi connectivity index (χ1) is 10.5. The van der Waals surface area contributed by atoms with Crippen LogP contribution in [0.3, 0.4) is 0 Å². The highest BCUT2D eigenvalue weighted by Crippen LogP contribution is 2.13. The molecular weight excluding hydrogens is 288 g/mol. The molecule has 2 amide bonds. The van der Waals surface area contributed by atoms with Crippen LogP contribution < -0.4 is 10.6 Å². The molecule has 0 aromatic heterocycles. The van der Waals surface area contributed by atoms with Crippen LogP contribution in [0.5, 0.6) is 0 Å². The average Bonchev–Trinajstić information content (AvgIpc) is 2.47. The largest absolute Gasteiger partial charge is 0.463 e. The van der Waals surface area contributed by atoms with E-state index in [1.165, 1.54) is 14.0 Å². The summed E-state index contributed by atoms with van der Waals surface area (Å²) in [6, 6.07) is 6.69. The average molecular weight is 308 g/mol. The predicted molar refractivity (Wildman–Crippen MR) is 81.4 cm³/mol. The number of anilines is 2. The van der Waals surface area contributed by atoms with Crippen LogP contribution >= 0.6 is 0 Å². The van der Waals surface area contributed by atoms with Crippen LogP contribution in [0.1, 0.15) is 19.8 Å². The normalized spacial score (nSPS) is 9.91. The molecule has 0 fully saturated rings. The van der Waals surface area contributed by atoms with Gasteiger partial charge >= 0.3 is 5.97 Å². The van der Waals surface area contributed by atoms with Crippen LogP contribution in [0.2, 0.25) is 0 Å². The van der Waals surface area contributed by atoms with Gasteiger partial charge in [-0.2, -0.15) is 0 Å². The highest BCUT2D eigenvalue weighted by atomic mass is 16.6. The smallest absolute Gasteiger partial charge is 0.306 e. The summed E-state index contributed by atoms with van der Waals surface area (Å²) in [5, 5.41) is 5.29. The third-order valence-corrected chi connectivity index (χ3v) is 2.60. The third kappa shape index (κ3) is 7.39. The first-order valence-electron chi connectivity index (χ1n) is 6.83. The van der Waals surface area contributed by atoms with Gasteiger partial charge in [-0.25, -0.2) is 0 Å². The fraction of sp³-hybridized carbons (Fsp3) is 0.400. The summed E-state index contributed by atoms with van der Waals surface area (Å²) in [5.41, 5.74) is 1.24. The van der Waals surface area contributed by atoms with Crippen molar-refractivity contribution in [2.75, 3.05) is 31.0 Å². The Morgan fingerprint density at radius 2 is 1.55 bits per heavy atom. The maximum Gasteiger partial charge on any atom is 0.306 e. The number of nitrogens with one attached hydrogen (secondary N) is 2. The lowest BCUT2D eigenvalue weighted by molar-refractivity contribution is -0.145. The van der Waals surface area contributed by atoms with Crippen molar-refractivity contribution in [3.05, 3.63) is 24.3 Å². The molecule has 0 heterocycles. The Morgan fingerprint density at radius 1 is 0.955 bits per heavy atom. The standard InChI is InChI=1S/C15H20N2O5/c1-11(18)16-12-3-5-13(6-4-12)17-14(19)7-8-15(20)22-10-9-21-2/h3-6H,7-10H2,1-2H3,(H,16,18)(H,17,19). The monoisotopic (exact) mass is 308 g/mol. The second kappa shape index (κ2) is 9.51. The van der Waals surface area contributed by atoms with E-state index in [1.807, 2.05) is 0 Å². The van der Waals surface area contributed by atoms with Gasteiger partial charge in [0.15, 0.2) is 0 Å². The van der Waals surface area contributed by atoms with E-state index in [4.69, 9.17) is 9.47 Å². The summed E-state index contributed by atoms with van der Waals surface area (Å²) in [5.74, 6) is -0.882. The van der Waals surface area contributed by atoms with E-state index in [2.05, 4.69) is 10.6 Å². The fourth-order valence-corrected chi connectivity index (χ4v) is 1.59. The Balaban J connectivity index is 2.32. The van der Waals surface area contributed by atoms with Gasteiger partial charge in [0.1, 0.15) is 6.61 Å². The molecule has 0 unspecified atom stereocenters. The van der Waals surface area contributed by atoms with Gasteiger partial charge in [0.05, 0.1) is 13.0 Å². The van der Waals surface area contributed by atoms with E-state index in [0.29, 0.717) is 18.0 Å². The number of carbonyl (C=O) groups is 3. The second-order valence-corrected chi connectivity index (χ2v) is 4.52. The minimum atomic E-state index is -0.437. The van der Waals surface area contributed by atoms with Crippen LogP contribution in [-0.2, 0) is 23.9 Å². The summed E-state index contributed by atoms with van der Waals surface area (Å²) in [6.45, 7) is 1.93. The fourth-order valence-electron chi connectivity index (χ4n) is 1.59. The molecule has 7 heteroatoms. The molecule has 0 aliphatic carbocycles. The van der Waals surface area contributed by atoms with Gasteiger partial charge in [0.2, 0.25) is 11.8 Å². The molecule has 0 radical (unpaired) electrons. The molecule has 0 bridgehead atoms. The van der Waals surface area contributed by atoms with Crippen molar-refractivity contribution >= 4 is 29.2 Å². The molecule has 0 saturated carbocycles. The number of ether oxygens (including phenoxy) is 2. The topological polar surface area (TPSA) is 93.7 Å². The quantitative estimate of drug-likeness (QED) is 0.561. The van der Waals surface area contributed by atoms with Gasteiger partial charge in [-0.05, 0) is 24.3 Å². The zero-order valence-corrected chi connectivity index (χ0v) is 12.7. The van der Waals surface area contributed by atoms with Crippen molar-refractivity contribution < 1.29 is 23.9 Å². The maximum atomic E-state index is 11.7. The Hall–Kier alpha value is -2.41. The van der Waals surface area contributed by atoms with Gasteiger partial charge < -0.3 is 20.1 Å². The van der Waals surface area contributed by atoms with Crippen LogP contribution in [0, 0.1) is 0 Å². The van der Waals surface area contributed by atoms with Crippen molar-refractivity contribution in [1.82, 2.24) is 0 Å². The minimum Gasteiger partial charge on any atom is -0.463 e. The minimum absolute atomic E-state index is 0.0134. The Bertz CT molecular complexity index is 513. The van der Waals surface area contributed by atoms with Gasteiger partial charge in [0.25, 0.3) is 0 Å². The van der Waals surface area contributed by atoms with Crippen LogP contribution in [-0.4, -0.2) is 38.1 Å². The molecule has 0 aliphatic heterocycles. The second-order valence-electron chi connectivity index (χ2n) is 4.52. The molecule has 120 valence electrons. The number of benzene rings is 1. The Kier molecular flexibility index (Phi) is 7.63.